The fourth-order valence-electron chi connectivity index (χ4n) is 2.11. The number of hydrogen-bond donors (Lipinski definition) is 2. The second kappa shape index (κ2) is 7.02. The first-order chi connectivity index (χ1) is 9.31. The minimum absolute atomic E-state index is 0.0592. The number of nitrogens with one attached hydrogen (secondary N) is 1. The first-order valence-corrected chi connectivity index (χ1v) is 6.64. The Morgan fingerprint density at radius 1 is 1.11 bits per heavy atom. The van der Waals surface area contributed by atoms with Gasteiger partial charge in [-0.15, -0.1) is 0 Å². The zero-order valence-electron chi connectivity index (χ0n) is 11.2. The van der Waals surface area contributed by atoms with Gasteiger partial charge in [-0.05, 0) is 31.0 Å². The highest BCUT2D eigenvalue weighted by Crippen LogP contribution is 2.20. The Morgan fingerprint density at radius 2 is 1.84 bits per heavy atom. The molecule has 100 valence electrons. The molecule has 2 unspecified atom stereocenters. The van der Waals surface area contributed by atoms with Crippen LogP contribution >= 0.6 is 0 Å². The van der Waals surface area contributed by atoms with Gasteiger partial charge in [-0.3, -0.25) is 4.98 Å². The fourth-order valence-corrected chi connectivity index (χ4v) is 2.11. The van der Waals surface area contributed by atoms with Crippen molar-refractivity contribution >= 4 is 0 Å². The van der Waals surface area contributed by atoms with Crippen LogP contribution in [0.5, 0.6) is 0 Å². The molecule has 19 heavy (non-hydrogen) atoms. The van der Waals surface area contributed by atoms with Gasteiger partial charge >= 0.3 is 0 Å². The molecule has 0 amide bonds. The summed E-state index contributed by atoms with van der Waals surface area (Å²) in [7, 11) is 0. The van der Waals surface area contributed by atoms with Crippen LogP contribution in [0.1, 0.15) is 30.6 Å². The Hall–Kier alpha value is -1.71. The fraction of sp³-hybridized carbons (Fsp3) is 0.312. The number of hydrogen-bond acceptors (Lipinski definition) is 3. The van der Waals surface area contributed by atoms with E-state index in [0.717, 1.165) is 12.1 Å². The summed E-state index contributed by atoms with van der Waals surface area (Å²) in [5.41, 5.74) is 2.18. The van der Waals surface area contributed by atoms with Gasteiger partial charge in [-0.25, -0.2) is 0 Å². The average molecular weight is 256 g/mol. The average Bonchev–Trinajstić information content (AvgIpc) is 2.47. The van der Waals surface area contributed by atoms with Crippen LogP contribution in [0.15, 0.2) is 54.7 Å². The molecular formula is C16H20N2O. The summed E-state index contributed by atoms with van der Waals surface area (Å²) in [6, 6.07) is 16.5. The van der Waals surface area contributed by atoms with Crippen molar-refractivity contribution in [2.75, 3.05) is 6.61 Å². The van der Waals surface area contributed by atoms with Crippen LogP contribution in [0.3, 0.4) is 0 Å². The van der Waals surface area contributed by atoms with Crippen LogP contribution in [-0.4, -0.2) is 22.7 Å². The monoisotopic (exact) mass is 256 g/mol. The van der Waals surface area contributed by atoms with Crippen LogP contribution in [0.4, 0.5) is 0 Å². The molecule has 0 fully saturated rings. The molecule has 0 aliphatic rings. The van der Waals surface area contributed by atoms with E-state index in [1.54, 1.807) is 0 Å². The quantitative estimate of drug-likeness (QED) is 0.835. The Kier molecular flexibility index (Phi) is 5.07. The highest BCUT2D eigenvalue weighted by atomic mass is 16.3. The summed E-state index contributed by atoms with van der Waals surface area (Å²) in [6.45, 7) is 2.27. The largest absolute Gasteiger partial charge is 0.396 e. The first kappa shape index (κ1) is 13.7. The summed E-state index contributed by atoms with van der Waals surface area (Å²) in [6.07, 6.45) is 2.54. The number of aromatic nitrogens is 1. The number of pyridine rings is 1. The molecule has 1 heterocycles. The van der Waals surface area contributed by atoms with E-state index in [1.807, 2.05) is 42.6 Å². The normalized spacial score (nSPS) is 14.0. The van der Waals surface area contributed by atoms with Crippen molar-refractivity contribution in [2.45, 2.75) is 25.4 Å². The van der Waals surface area contributed by atoms with Crippen molar-refractivity contribution in [3.63, 3.8) is 0 Å². The van der Waals surface area contributed by atoms with Crippen LogP contribution < -0.4 is 5.32 Å². The van der Waals surface area contributed by atoms with Gasteiger partial charge in [-0.2, -0.15) is 0 Å². The van der Waals surface area contributed by atoms with Gasteiger partial charge in [0.1, 0.15) is 0 Å². The Bertz CT molecular complexity index is 433. The molecule has 1 aromatic heterocycles. The highest BCUT2D eigenvalue weighted by Gasteiger charge is 2.16. The lowest BCUT2D eigenvalue weighted by atomic mass is 10.0. The van der Waals surface area contributed by atoms with Crippen LogP contribution in [0.25, 0.3) is 0 Å². The maximum absolute atomic E-state index is 9.04. The van der Waals surface area contributed by atoms with Crippen molar-refractivity contribution in [2.24, 2.45) is 0 Å². The summed E-state index contributed by atoms with van der Waals surface area (Å²) in [5, 5.41) is 12.6. The van der Waals surface area contributed by atoms with Crippen molar-refractivity contribution < 1.29 is 5.11 Å². The van der Waals surface area contributed by atoms with Gasteiger partial charge in [0.05, 0.1) is 11.7 Å². The van der Waals surface area contributed by atoms with Crippen LogP contribution in [0, 0.1) is 0 Å². The van der Waals surface area contributed by atoms with Gasteiger partial charge in [0.15, 0.2) is 0 Å². The number of nitrogens with zero attached hydrogens (tertiary/aromatic N) is 1. The molecular weight excluding hydrogens is 236 g/mol. The lowest BCUT2D eigenvalue weighted by Crippen LogP contribution is -2.32. The van der Waals surface area contributed by atoms with Crippen molar-refractivity contribution in [3.05, 3.63) is 66.0 Å². The lowest BCUT2D eigenvalue weighted by molar-refractivity contribution is 0.265. The Labute approximate surface area is 114 Å². The molecule has 0 radical (unpaired) electrons. The Balaban J connectivity index is 2.24. The summed E-state index contributed by atoms with van der Waals surface area (Å²) in [5.74, 6) is 0. The molecule has 0 spiro atoms. The van der Waals surface area contributed by atoms with Gasteiger partial charge in [-0.1, -0.05) is 36.4 Å². The standard InChI is InChI=1S/C16H20N2O/c1-13(10-12-19)18-16(14-7-3-2-4-8-14)15-9-5-6-11-17-15/h2-9,11,13,16,18-19H,10,12H2,1H3. The maximum atomic E-state index is 9.04. The number of aliphatic hydroxyl groups excluding tert-OH is 1. The second-order valence-corrected chi connectivity index (χ2v) is 4.68. The third-order valence-corrected chi connectivity index (χ3v) is 3.13. The SMILES string of the molecule is CC(CCO)NC(c1ccccc1)c1ccccn1. The number of aliphatic hydroxyl groups is 1. The van der Waals surface area contributed by atoms with E-state index in [9.17, 15) is 0 Å². The minimum atomic E-state index is 0.0592. The van der Waals surface area contributed by atoms with E-state index in [4.69, 9.17) is 5.11 Å². The summed E-state index contributed by atoms with van der Waals surface area (Å²) < 4.78 is 0. The second-order valence-electron chi connectivity index (χ2n) is 4.68. The third kappa shape index (κ3) is 3.88. The van der Waals surface area contributed by atoms with E-state index in [2.05, 4.69) is 29.4 Å². The lowest BCUT2D eigenvalue weighted by Gasteiger charge is -2.23. The molecule has 0 aliphatic carbocycles. The summed E-state index contributed by atoms with van der Waals surface area (Å²) in [4.78, 5) is 4.44. The zero-order valence-corrected chi connectivity index (χ0v) is 11.2. The highest BCUT2D eigenvalue weighted by molar-refractivity contribution is 5.27. The Morgan fingerprint density at radius 3 is 2.47 bits per heavy atom. The van der Waals surface area contributed by atoms with Crippen LogP contribution in [-0.2, 0) is 0 Å². The molecule has 2 N–H and O–H groups in total. The van der Waals surface area contributed by atoms with Crippen molar-refractivity contribution in [3.8, 4) is 0 Å². The van der Waals surface area contributed by atoms with Gasteiger partial charge < -0.3 is 10.4 Å². The van der Waals surface area contributed by atoms with E-state index in [0.29, 0.717) is 0 Å². The third-order valence-electron chi connectivity index (χ3n) is 3.13. The van der Waals surface area contributed by atoms with Gasteiger partial charge in [0, 0.05) is 18.8 Å². The van der Waals surface area contributed by atoms with Crippen molar-refractivity contribution in [1.82, 2.24) is 10.3 Å². The van der Waals surface area contributed by atoms with E-state index < -0.39 is 0 Å². The van der Waals surface area contributed by atoms with Crippen molar-refractivity contribution in [1.29, 1.82) is 0 Å². The van der Waals surface area contributed by atoms with Crippen LogP contribution in [0.2, 0.25) is 0 Å². The van der Waals surface area contributed by atoms with Gasteiger partial charge in [0.25, 0.3) is 0 Å². The molecule has 0 bridgehead atoms. The van der Waals surface area contributed by atoms with E-state index in [-0.39, 0.29) is 18.7 Å². The molecule has 2 atom stereocenters. The predicted molar refractivity (Wildman–Crippen MR) is 76.8 cm³/mol. The molecule has 0 saturated heterocycles. The molecule has 2 aromatic rings. The molecule has 3 heteroatoms. The predicted octanol–water partition coefficient (Wildman–Crippen LogP) is 2.53. The van der Waals surface area contributed by atoms with E-state index >= 15 is 0 Å². The molecule has 0 saturated carbocycles. The number of rotatable bonds is 6. The molecule has 3 nitrogen and oxygen atoms in total. The summed E-state index contributed by atoms with van der Waals surface area (Å²) >= 11 is 0. The zero-order chi connectivity index (χ0) is 13.5. The smallest absolute Gasteiger partial charge is 0.0753 e. The first-order valence-electron chi connectivity index (χ1n) is 6.64. The topological polar surface area (TPSA) is 45.1 Å². The minimum Gasteiger partial charge on any atom is -0.396 e. The van der Waals surface area contributed by atoms with Gasteiger partial charge in [0.2, 0.25) is 0 Å². The molecule has 1 aromatic carbocycles. The molecule has 2 rings (SSSR count). The number of benzene rings is 1. The molecule has 0 aliphatic heterocycles. The van der Waals surface area contributed by atoms with E-state index in [1.165, 1.54) is 5.56 Å². The maximum Gasteiger partial charge on any atom is 0.0753 e.